The molecular weight excluding hydrogens is 344 g/mol. The molecule has 25 heavy (non-hydrogen) atoms. The standard InChI is InChI=1S/C17H32N2O5S/c1-8-23-15(21)13(11(2)3)19-14(20)12(9-10-25-7)18-16(22)24-17(4,5)6/h11-13H,8-10H2,1-7H3,(H,18,22)(H,19,20)/t12-,13-/m0/s1. The van der Waals surface area contributed by atoms with Crippen molar-refractivity contribution in [1.82, 2.24) is 10.6 Å². The summed E-state index contributed by atoms with van der Waals surface area (Å²) in [4.78, 5) is 36.6. The molecule has 0 unspecified atom stereocenters. The molecule has 0 aliphatic carbocycles. The van der Waals surface area contributed by atoms with E-state index >= 15 is 0 Å². The van der Waals surface area contributed by atoms with E-state index in [9.17, 15) is 14.4 Å². The van der Waals surface area contributed by atoms with Crippen LogP contribution in [0.2, 0.25) is 0 Å². The fraction of sp³-hybridized carbons (Fsp3) is 0.824. The summed E-state index contributed by atoms with van der Waals surface area (Å²) in [6.07, 6.45) is 1.68. The molecule has 0 aliphatic heterocycles. The molecule has 0 radical (unpaired) electrons. The lowest BCUT2D eigenvalue weighted by Gasteiger charge is -2.26. The van der Waals surface area contributed by atoms with Gasteiger partial charge in [-0.1, -0.05) is 13.8 Å². The highest BCUT2D eigenvalue weighted by Gasteiger charge is 2.30. The Morgan fingerprint density at radius 1 is 1.12 bits per heavy atom. The Bertz CT molecular complexity index is 449. The van der Waals surface area contributed by atoms with E-state index in [4.69, 9.17) is 9.47 Å². The van der Waals surface area contributed by atoms with Gasteiger partial charge in [0.15, 0.2) is 0 Å². The summed E-state index contributed by atoms with van der Waals surface area (Å²) in [5.74, 6) is -0.358. The molecule has 0 fully saturated rings. The summed E-state index contributed by atoms with van der Waals surface area (Å²) in [5, 5.41) is 5.27. The van der Waals surface area contributed by atoms with Crippen LogP contribution >= 0.6 is 11.8 Å². The zero-order valence-electron chi connectivity index (χ0n) is 16.3. The quantitative estimate of drug-likeness (QED) is 0.600. The van der Waals surface area contributed by atoms with E-state index in [2.05, 4.69) is 10.6 Å². The molecule has 0 rings (SSSR count). The summed E-state index contributed by atoms with van der Waals surface area (Å²) < 4.78 is 10.2. The Kier molecular flexibility index (Phi) is 10.6. The topological polar surface area (TPSA) is 93.7 Å². The SMILES string of the molecule is CCOC(=O)[C@@H](NC(=O)[C@H](CCSC)NC(=O)OC(C)(C)C)C(C)C. The first-order valence-electron chi connectivity index (χ1n) is 8.47. The van der Waals surface area contributed by atoms with Gasteiger partial charge in [-0.25, -0.2) is 9.59 Å². The number of amides is 2. The average molecular weight is 377 g/mol. The smallest absolute Gasteiger partial charge is 0.408 e. The van der Waals surface area contributed by atoms with Crippen molar-refractivity contribution in [2.75, 3.05) is 18.6 Å². The molecule has 0 bridgehead atoms. The van der Waals surface area contributed by atoms with Gasteiger partial charge in [-0.05, 0) is 52.0 Å². The van der Waals surface area contributed by atoms with Gasteiger partial charge in [0.2, 0.25) is 5.91 Å². The lowest BCUT2D eigenvalue weighted by molar-refractivity contribution is -0.148. The Morgan fingerprint density at radius 3 is 2.16 bits per heavy atom. The highest BCUT2D eigenvalue weighted by atomic mass is 32.2. The first-order chi connectivity index (χ1) is 11.5. The first kappa shape index (κ1) is 23.6. The molecule has 0 saturated heterocycles. The van der Waals surface area contributed by atoms with Crippen molar-refractivity contribution >= 4 is 29.7 Å². The minimum atomic E-state index is -0.780. The van der Waals surface area contributed by atoms with Crippen LogP contribution in [0.25, 0.3) is 0 Å². The van der Waals surface area contributed by atoms with Gasteiger partial charge in [-0.15, -0.1) is 0 Å². The summed E-state index contributed by atoms with van der Waals surface area (Å²) in [5.41, 5.74) is -0.657. The van der Waals surface area contributed by atoms with Crippen LogP contribution in [-0.2, 0) is 19.1 Å². The molecule has 2 amide bonds. The lowest BCUT2D eigenvalue weighted by atomic mass is 10.0. The Balaban J connectivity index is 5.01. The molecule has 0 heterocycles. The second-order valence-electron chi connectivity index (χ2n) is 6.96. The number of carbonyl (C=O) groups excluding carboxylic acids is 3. The molecule has 0 spiro atoms. The zero-order chi connectivity index (χ0) is 19.6. The number of alkyl carbamates (subject to hydrolysis) is 1. The number of carbonyl (C=O) groups is 3. The van der Waals surface area contributed by atoms with Crippen molar-refractivity contribution in [2.24, 2.45) is 5.92 Å². The van der Waals surface area contributed by atoms with Gasteiger partial charge >= 0.3 is 12.1 Å². The third-order valence-electron chi connectivity index (χ3n) is 3.12. The highest BCUT2D eigenvalue weighted by Crippen LogP contribution is 2.10. The third-order valence-corrected chi connectivity index (χ3v) is 3.77. The van der Waals surface area contributed by atoms with Crippen LogP contribution in [0.5, 0.6) is 0 Å². The predicted octanol–water partition coefficient (Wildman–Crippen LogP) is 2.34. The number of hydrogen-bond donors (Lipinski definition) is 2. The van der Waals surface area contributed by atoms with Crippen molar-refractivity contribution in [2.45, 2.75) is 65.6 Å². The zero-order valence-corrected chi connectivity index (χ0v) is 17.1. The van der Waals surface area contributed by atoms with Gasteiger partial charge in [0, 0.05) is 0 Å². The Labute approximate surface area is 155 Å². The van der Waals surface area contributed by atoms with Gasteiger partial charge < -0.3 is 20.1 Å². The Hall–Kier alpha value is -1.44. The van der Waals surface area contributed by atoms with Gasteiger partial charge in [0.1, 0.15) is 17.7 Å². The van der Waals surface area contributed by atoms with E-state index in [1.54, 1.807) is 39.5 Å². The molecule has 2 atom stereocenters. The number of hydrogen-bond acceptors (Lipinski definition) is 6. The molecular formula is C17H32N2O5S. The van der Waals surface area contributed by atoms with E-state index in [0.29, 0.717) is 12.2 Å². The molecule has 0 aliphatic rings. The van der Waals surface area contributed by atoms with Crippen LogP contribution in [0.4, 0.5) is 4.79 Å². The number of rotatable bonds is 9. The van der Waals surface area contributed by atoms with Gasteiger partial charge in [-0.2, -0.15) is 11.8 Å². The van der Waals surface area contributed by atoms with Crippen molar-refractivity contribution in [1.29, 1.82) is 0 Å². The minimum absolute atomic E-state index is 0.134. The molecule has 0 aromatic rings. The number of esters is 1. The maximum atomic E-state index is 12.6. The third kappa shape index (κ3) is 10.2. The summed E-state index contributed by atoms with van der Waals surface area (Å²) in [7, 11) is 0. The van der Waals surface area contributed by atoms with Crippen molar-refractivity contribution in [3.05, 3.63) is 0 Å². The van der Waals surface area contributed by atoms with Crippen LogP contribution in [0.3, 0.4) is 0 Å². The van der Waals surface area contributed by atoms with E-state index in [1.165, 1.54) is 0 Å². The summed E-state index contributed by atoms with van der Waals surface area (Å²) >= 11 is 1.56. The summed E-state index contributed by atoms with van der Waals surface area (Å²) in [6.45, 7) is 10.8. The van der Waals surface area contributed by atoms with Crippen molar-refractivity contribution in [3.63, 3.8) is 0 Å². The summed E-state index contributed by atoms with van der Waals surface area (Å²) in [6, 6.07) is -1.54. The van der Waals surface area contributed by atoms with Gasteiger partial charge in [0.05, 0.1) is 6.61 Å². The van der Waals surface area contributed by atoms with Gasteiger partial charge in [0.25, 0.3) is 0 Å². The second kappa shape index (κ2) is 11.2. The lowest BCUT2D eigenvalue weighted by Crippen LogP contribution is -2.54. The largest absolute Gasteiger partial charge is 0.464 e. The minimum Gasteiger partial charge on any atom is -0.464 e. The molecule has 7 nitrogen and oxygen atoms in total. The van der Waals surface area contributed by atoms with Crippen LogP contribution < -0.4 is 10.6 Å². The predicted molar refractivity (Wildman–Crippen MR) is 99.6 cm³/mol. The van der Waals surface area contributed by atoms with Crippen molar-refractivity contribution in [3.8, 4) is 0 Å². The normalized spacial score (nSPS) is 13.8. The van der Waals surface area contributed by atoms with Crippen LogP contribution in [-0.4, -0.2) is 54.3 Å². The maximum Gasteiger partial charge on any atom is 0.408 e. The Morgan fingerprint density at radius 2 is 1.72 bits per heavy atom. The number of nitrogens with one attached hydrogen (secondary N) is 2. The number of ether oxygens (including phenoxy) is 2. The fourth-order valence-corrected chi connectivity index (χ4v) is 2.41. The molecule has 2 N–H and O–H groups in total. The number of thioether (sulfide) groups is 1. The molecule has 0 saturated carbocycles. The highest BCUT2D eigenvalue weighted by molar-refractivity contribution is 7.98. The molecule has 0 aromatic carbocycles. The first-order valence-corrected chi connectivity index (χ1v) is 9.86. The van der Waals surface area contributed by atoms with Crippen LogP contribution in [0.15, 0.2) is 0 Å². The molecule has 0 aromatic heterocycles. The van der Waals surface area contributed by atoms with Crippen molar-refractivity contribution < 1.29 is 23.9 Å². The van der Waals surface area contributed by atoms with E-state index in [-0.39, 0.29) is 12.5 Å². The second-order valence-corrected chi connectivity index (χ2v) is 7.95. The van der Waals surface area contributed by atoms with E-state index < -0.39 is 35.7 Å². The van der Waals surface area contributed by atoms with Gasteiger partial charge in [-0.3, -0.25) is 4.79 Å². The monoisotopic (exact) mass is 376 g/mol. The van der Waals surface area contributed by atoms with E-state index in [1.807, 2.05) is 20.1 Å². The molecule has 146 valence electrons. The molecule has 8 heteroatoms. The van der Waals surface area contributed by atoms with E-state index in [0.717, 1.165) is 0 Å². The maximum absolute atomic E-state index is 12.6. The fourth-order valence-electron chi connectivity index (χ4n) is 1.94. The van der Waals surface area contributed by atoms with Crippen LogP contribution in [0.1, 0.15) is 48.0 Å². The average Bonchev–Trinajstić information content (AvgIpc) is 2.46. The van der Waals surface area contributed by atoms with Crippen LogP contribution in [0, 0.1) is 5.92 Å².